The summed E-state index contributed by atoms with van der Waals surface area (Å²) in [4.78, 5) is 10.6. The maximum absolute atomic E-state index is 5.92. The molecule has 0 spiro atoms. The van der Waals surface area contributed by atoms with Crippen LogP contribution in [0.4, 0.5) is 0 Å². The smallest absolute Gasteiger partial charge is 0.127 e. The predicted molar refractivity (Wildman–Crippen MR) is 141 cm³/mol. The minimum Gasteiger partial charge on any atom is -0.457 e. The van der Waals surface area contributed by atoms with Crippen LogP contribution in [-0.2, 0) is 14.8 Å². The Balaban J connectivity index is 0.00000361. The topological polar surface area (TPSA) is 46.2 Å². The second-order valence-corrected chi connectivity index (χ2v) is 8.41. The molecule has 5 nitrogen and oxygen atoms in total. The van der Waals surface area contributed by atoms with Crippen molar-refractivity contribution in [1.82, 2.24) is 0 Å². The van der Waals surface area contributed by atoms with Gasteiger partial charge in [0.05, 0.1) is 13.2 Å². The van der Waals surface area contributed by atoms with Gasteiger partial charge in [-0.25, -0.2) is 9.78 Å². The van der Waals surface area contributed by atoms with Crippen LogP contribution in [0.2, 0.25) is 0 Å². The van der Waals surface area contributed by atoms with Crippen molar-refractivity contribution >= 4 is 17.4 Å². The van der Waals surface area contributed by atoms with Crippen molar-refractivity contribution in [3.8, 4) is 23.0 Å². The normalized spacial score (nSPS) is 12.3. The van der Waals surface area contributed by atoms with Crippen molar-refractivity contribution < 1.29 is 24.3 Å². The van der Waals surface area contributed by atoms with Crippen LogP contribution in [0.3, 0.4) is 0 Å². The fourth-order valence-electron chi connectivity index (χ4n) is 3.50. The van der Waals surface area contributed by atoms with Gasteiger partial charge in [0.1, 0.15) is 23.0 Å². The molecule has 36 heavy (non-hydrogen) atoms. The van der Waals surface area contributed by atoms with Gasteiger partial charge in [0.15, 0.2) is 0 Å². The summed E-state index contributed by atoms with van der Waals surface area (Å²) in [5.74, 6) is 3.37. The number of rotatable bonds is 12. The van der Waals surface area contributed by atoms with E-state index in [1.165, 1.54) is 0 Å². The van der Waals surface area contributed by atoms with Gasteiger partial charge in [-0.1, -0.05) is 79.5 Å². The summed E-state index contributed by atoms with van der Waals surface area (Å²) in [5, 5.41) is 5.01. The lowest BCUT2D eigenvalue weighted by Gasteiger charge is -2.15. The van der Waals surface area contributed by atoms with Crippen molar-refractivity contribution in [2.75, 3.05) is 13.2 Å². The number of para-hydroxylation sites is 2. The van der Waals surface area contributed by atoms with E-state index in [2.05, 4.69) is 13.8 Å². The van der Waals surface area contributed by atoms with Gasteiger partial charge >= 0.3 is 0 Å². The Morgan fingerprint density at radius 2 is 0.889 bits per heavy atom. The van der Waals surface area contributed by atoms with Crippen LogP contribution in [0.5, 0.6) is 23.0 Å². The lowest BCUT2D eigenvalue weighted by atomic mass is 10.0. The predicted octanol–water partition coefficient (Wildman–Crippen LogP) is 7.68. The van der Waals surface area contributed by atoms with E-state index in [0.29, 0.717) is 13.2 Å². The molecule has 0 aliphatic heterocycles. The molecule has 3 radical (unpaired) electrons. The summed E-state index contributed by atoms with van der Waals surface area (Å²) in [6.07, 6.45) is 0. The Bertz CT molecular complexity index is 1080. The quantitative estimate of drug-likeness (QED) is 0.0869. The molecule has 4 aromatic carbocycles. The van der Waals surface area contributed by atoms with E-state index in [9.17, 15) is 0 Å². The molecule has 0 bridgehead atoms. The van der Waals surface area contributed by atoms with E-state index in [1.807, 2.05) is 109 Å². The van der Waals surface area contributed by atoms with Gasteiger partial charge in [-0.15, -0.1) is 0 Å². The molecule has 0 heterocycles. The van der Waals surface area contributed by atoms with E-state index < -0.39 is 0 Å². The molecule has 0 aliphatic carbocycles. The first-order chi connectivity index (χ1) is 17.2. The largest absolute Gasteiger partial charge is 0.457 e. The minimum absolute atomic E-state index is 0. The highest BCUT2D eigenvalue weighted by Gasteiger charge is 2.11. The van der Waals surface area contributed by atoms with Crippen LogP contribution in [0.1, 0.15) is 36.8 Å². The number of ether oxygens (including phenoxy) is 2. The van der Waals surface area contributed by atoms with E-state index in [0.717, 1.165) is 34.1 Å². The first-order valence-electron chi connectivity index (χ1n) is 11.7. The SMILES string of the molecule is CC(COOOCC(C)c1cccc(Oc2ccccc2)c1)c1cccc(Oc2ccccc2)c1.[Al]. The van der Waals surface area contributed by atoms with Crippen molar-refractivity contribution in [3.05, 3.63) is 120 Å². The minimum atomic E-state index is 0. The van der Waals surface area contributed by atoms with Crippen LogP contribution in [-0.4, -0.2) is 30.6 Å². The summed E-state index contributed by atoms with van der Waals surface area (Å²) < 4.78 is 11.8. The Labute approximate surface area is 223 Å². The fourth-order valence-corrected chi connectivity index (χ4v) is 3.50. The third-order valence-corrected chi connectivity index (χ3v) is 5.54. The van der Waals surface area contributed by atoms with Crippen molar-refractivity contribution in [3.63, 3.8) is 0 Å². The van der Waals surface area contributed by atoms with Gasteiger partial charge in [-0.3, -0.25) is 0 Å². The van der Waals surface area contributed by atoms with Crippen molar-refractivity contribution in [2.45, 2.75) is 25.7 Å². The molecule has 4 rings (SSSR count). The second kappa shape index (κ2) is 14.5. The zero-order valence-electron chi connectivity index (χ0n) is 20.6. The monoisotopic (exact) mass is 497 g/mol. The molecule has 0 saturated carbocycles. The molecule has 0 saturated heterocycles. The third kappa shape index (κ3) is 8.53. The van der Waals surface area contributed by atoms with Gasteiger partial charge in [0.2, 0.25) is 0 Å². The van der Waals surface area contributed by atoms with Crippen LogP contribution < -0.4 is 9.47 Å². The third-order valence-electron chi connectivity index (χ3n) is 5.54. The summed E-state index contributed by atoms with van der Waals surface area (Å²) >= 11 is 0. The highest BCUT2D eigenvalue weighted by Crippen LogP contribution is 2.27. The Hall–Kier alpha value is -3.11. The van der Waals surface area contributed by atoms with Gasteiger partial charge in [-0.05, 0) is 59.7 Å². The van der Waals surface area contributed by atoms with Gasteiger partial charge in [0, 0.05) is 29.2 Å². The Kier molecular flexibility index (Phi) is 11.0. The molecule has 0 fully saturated rings. The van der Waals surface area contributed by atoms with E-state index in [1.54, 1.807) is 0 Å². The molecule has 0 amide bonds. The van der Waals surface area contributed by atoms with Gasteiger partial charge in [0.25, 0.3) is 0 Å². The number of hydrogen-bond acceptors (Lipinski definition) is 5. The van der Waals surface area contributed by atoms with Crippen LogP contribution in [0, 0.1) is 0 Å². The number of hydrogen-bond donors (Lipinski definition) is 0. The molecule has 0 aliphatic rings. The highest BCUT2D eigenvalue weighted by atomic mass is 27.0. The molecule has 2 unspecified atom stereocenters. The molecular formula is C30H30AlO5. The molecular weight excluding hydrogens is 467 g/mol. The van der Waals surface area contributed by atoms with E-state index >= 15 is 0 Å². The van der Waals surface area contributed by atoms with Gasteiger partial charge < -0.3 is 9.47 Å². The first kappa shape index (κ1) is 27.5. The van der Waals surface area contributed by atoms with E-state index in [-0.39, 0.29) is 29.2 Å². The van der Waals surface area contributed by atoms with E-state index in [4.69, 9.17) is 24.3 Å². The molecule has 4 aromatic rings. The van der Waals surface area contributed by atoms with Crippen molar-refractivity contribution in [2.24, 2.45) is 0 Å². The lowest BCUT2D eigenvalue weighted by molar-refractivity contribution is -0.514. The Morgan fingerprint density at radius 3 is 1.31 bits per heavy atom. The maximum atomic E-state index is 5.92. The molecule has 0 N–H and O–H groups in total. The summed E-state index contributed by atoms with van der Waals surface area (Å²) in [7, 11) is 0. The van der Waals surface area contributed by atoms with Crippen LogP contribution in [0.25, 0.3) is 0 Å². The van der Waals surface area contributed by atoms with Crippen molar-refractivity contribution in [1.29, 1.82) is 0 Å². The van der Waals surface area contributed by atoms with Gasteiger partial charge in [-0.2, -0.15) is 0 Å². The molecule has 0 aromatic heterocycles. The molecule has 2 atom stereocenters. The lowest BCUT2D eigenvalue weighted by Crippen LogP contribution is -2.09. The zero-order chi connectivity index (χ0) is 24.3. The number of benzene rings is 4. The zero-order valence-corrected chi connectivity index (χ0v) is 21.7. The first-order valence-corrected chi connectivity index (χ1v) is 11.7. The summed E-state index contributed by atoms with van der Waals surface area (Å²) in [5.41, 5.74) is 2.18. The Morgan fingerprint density at radius 1 is 0.500 bits per heavy atom. The summed E-state index contributed by atoms with van der Waals surface area (Å²) in [6.45, 7) is 4.82. The maximum Gasteiger partial charge on any atom is 0.127 e. The standard InChI is InChI=1S/C30H30O5.Al/c1-23(25-11-9-17-29(19-25)33-27-13-5-3-6-14-27)21-31-35-32-22-24(2)26-12-10-18-30(20-26)34-28-15-7-4-8-16-28;/h3-20,23-24H,21-22H2,1-2H3;. The van der Waals surface area contributed by atoms with Crippen LogP contribution >= 0.6 is 0 Å². The highest BCUT2D eigenvalue weighted by molar-refractivity contribution is 5.75. The summed E-state index contributed by atoms with van der Waals surface area (Å²) in [6, 6.07) is 35.3. The van der Waals surface area contributed by atoms with Crippen LogP contribution in [0.15, 0.2) is 109 Å². The average Bonchev–Trinajstić information content (AvgIpc) is 2.90. The fraction of sp³-hybridized carbons (Fsp3) is 0.200. The molecule has 183 valence electrons. The second-order valence-electron chi connectivity index (χ2n) is 8.41. The average molecular weight is 498 g/mol. The molecule has 6 heteroatoms.